The van der Waals surface area contributed by atoms with Crippen molar-refractivity contribution in [2.45, 2.75) is 64.3 Å². The number of sulfonamides is 1. The van der Waals surface area contributed by atoms with E-state index in [0.717, 1.165) is 24.0 Å². The summed E-state index contributed by atoms with van der Waals surface area (Å²) in [6.07, 6.45) is 3.51. The molecule has 1 amide bonds. The van der Waals surface area contributed by atoms with Gasteiger partial charge >= 0.3 is 0 Å². The summed E-state index contributed by atoms with van der Waals surface area (Å²) in [7, 11) is -3.58. The quantitative estimate of drug-likeness (QED) is 0.813. The Labute approximate surface area is 151 Å². The normalized spacial score (nSPS) is 24.1. The second kappa shape index (κ2) is 8.32. The van der Waals surface area contributed by atoms with E-state index in [9.17, 15) is 13.2 Å². The third-order valence-corrected chi connectivity index (χ3v) is 6.94. The van der Waals surface area contributed by atoms with E-state index in [1.807, 2.05) is 13.8 Å². The molecule has 0 spiro atoms. The van der Waals surface area contributed by atoms with Gasteiger partial charge in [0.1, 0.15) is 0 Å². The third-order valence-electron chi connectivity index (χ3n) is 5.49. The molecule has 1 aromatic carbocycles. The second-order valence-corrected chi connectivity index (χ2v) is 9.10. The molecule has 1 saturated carbocycles. The molecule has 0 heterocycles. The van der Waals surface area contributed by atoms with E-state index >= 15 is 0 Å². The second-order valence-electron chi connectivity index (χ2n) is 7.34. The predicted molar refractivity (Wildman–Crippen MR) is 99.8 cm³/mol. The van der Waals surface area contributed by atoms with Gasteiger partial charge in [-0.05, 0) is 55.4 Å². The number of nitrogens with one attached hydrogen (secondary N) is 2. The number of benzene rings is 1. The standard InChI is InChI=1S/C19H30N2O3S/c1-13-8-9-17(12-15(13)3)25(23,24)20-11-10-19(22)21-18-7-5-6-14(2)16(18)4/h8-9,12,14,16,18,20H,5-7,10-11H2,1-4H3,(H,21,22)/t14-,16-,18+/m0/s1. The summed E-state index contributed by atoms with van der Waals surface area (Å²) in [6.45, 7) is 8.33. The molecule has 3 atom stereocenters. The van der Waals surface area contributed by atoms with Crippen LogP contribution in [0, 0.1) is 25.7 Å². The van der Waals surface area contributed by atoms with Crippen LogP contribution in [0.4, 0.5) is 0 Å². The fourth-order valence-corrected chi connectivity index (χ4v) is 4.44. The number of amides is 1. The molecule has 1 aliphatic carbocycles. The van der Waals surface area contributed by atoms with Crippen LogP contribution in [0.15, 0.2) is 23.1 Å². The van der Waals surface area contributed by atoms with Crippen molar-refractivity contribution in [3.8, 4) is 0 Å². The lowest BCUT2D eigenvalue weighted by Crippen LogP contribution is -2.44. The highest BCUT2D eigenvalue weighted by molar-refractivity contribution is 7.89. The maximum atomic E-state index is 12.3. The summed E-state index contributed by atoms with van der Waals surface area (Å²) in [5.41, 5.74) is 1.98. The molecule has 0 bridgehead atoms. The summed E-state index contributed by atoms with van der Waals surface area (Å²) < 4.78 is 27.2. The molecule has 0 radical (unpaired) electrons. The maximum Gasteiger partial charge on any atom is 0.240 e. The first-order chi connectivity index (χ1) is 11.7. The lowest BCUT2D eigenvalue weighted by atomic mass is 9.78. The van der Waals surface area contributed by atoms with Crippen molar-refractivity contribution in [1.29, 1.82) is 0 Å². The van der Waals surface area contributed by atoms with Gasteiger partial charge in [-0.15, -0.1) is 0 Å². The third kappa shape index (κ3) is 5.28. The van der Waals surface area contributed by atoms with Crippen molar-refractivity contribution in [2.24, 2.45) is 11.8 Å². The van der Waals surface area contributed by atoms with Crippen LogP contribution < -0.4 is 10.0 Å². The first-order valence-corrected chi connectivity index (χ1v) is 10.6. The van der Waals surface area contributed by atoms with Crippen LogP contribution in [-0.4, -0.2) is 26.9 Å². The molecule has 2 N–H and O–H groups in total. The zero-order valence-corrected chi connectivity index (χ0v) is 16.4. The van der Waals surface area contributed by atoms with E-state index in [2.05, 4.69) is 23.9 Å². The van der Waals surface area contributed by atoms with Gasteiger partial charge in [-0.2, -0.15) is 0 Å². The number of hydrogen-bond donors (Lipinski definition) is 2. The van der Waals surface area contributed by atoms with Gasteiger partial charge < -0.3 is 5.32 Å². The topological polar surface area (TPSA) is 75.3 Å². The minimum Gasteiger partial charge on any atom is -0.353 e. The zero-order chi connectivity index (χ0) is 18.6. The molecule has 0 saturated heterocycles. The summed E-state index contributed by atoms with van der Waals surface area (Å²) in [6, 6.07) is 5.24. The lowest BCUT2D eigenvalue weighted by Gasteiger charge is -2.34. The van der Waals surface area contributed by atoms with Gasteiger partial charge in [0, 0.05) is 19.0 Å². The summed E-state index contributed by atoms with van der Waals surface area (Å²) in [5.74, 6) is 0.987. The molecule has 140 valence electrons. The Morgan fingerprint density at radius 2 is 1.88 bits per heavy atom. The van der Waals surface area contributed by atoms with E-state index in [-0.39, 0.29) is 29.8 Å². The Balaban J connectivity index is 1.84. The minimum atomic E-state index is -3.58. The van der Waals surface area contributed by atoms with Crippen LogP contribution in [0.2, 0.25) is 0 Å². The van der Waals surface area contributed by atoms with Crippen LogP contribution in [0.3, 0.4) is 0 Å². The van der Waals surface area contributed by atoms with Crippen molar-refractivity contribution < 1.29 is 13.2 Å². The van der Waals surface area contributed by atoms with E-state index in [1.165, 1.54) is 6.42 Å². The maximum absolute atomic E-state index is 12.3. The molecular weight excluding hydrogens is 336 g/mol. The number of carbonyl (C=O) groups excluding carboxylic acids is 1. The first kappa shape index (κ1) is 19.9. The van der Waals surface area contributed by atoms with Crippen molar-refractivity contribution in [2.75, 3.05) is 6.54 Å². The first-order valence-electron chi connectivity index (χ1n) is 9.07. The highest BCUT2D eigenvalue weighted by Crippen LogP contribution is 2.29. The average molecular weight is 367 g/mol. The smallest absolute Gasteiger partial charge is 0.240 e. The van der Waals surface area contributed by atoms with E-state index in [0.29, 0.717) is 11.8 Å². The Kier molecular flexibility index (Phi) is 6.63. The number of carbonyl (C=O) groups is 1. The molecular formula is C19H30N2O3S. The zero-order valence-electron chi connectivity index (χ0n) is 15.6. The summed E-state index contributed by atoms with van der Waals surface area (Å²) in [4.78, 5) is 12.4. The lowest BCUT2D eigenvalue weighted by molar-refractivity contribution is -0.122. The number of rotatable bonds is 6. The molecule has 0 unspecified atom stereocenters. The largest absolute Gasteiger partial charge is 0.353 e. The molecule has 5 nitrogen and oxygen atoms in total. The van der Waals surface area contributed by atoms with Crippen molar-refractivity contribution >= 4 is 15.9 Å². The van der Waals surface area contributed by atoms with Crippen molar-refractivity contribution in [1.82, 2.24) is 10.0 Å². The number of hydrogen-bond acceptors (Lipinski definition) is 3. The monoisotopic (exact) mass is 366 g/mol. The highest BCUT2D eigenvalue weighted by atomic mass is 32.2. The van der Waals surface area contributed by atoms with E-state index < -0.39 is 10.0 Å². The molecule has 25 heavy (non-hydrogen) atoms. The van der Waals surface area contributed by atoms with Crippen molar-refractivity contribution in [3.05, 3.63) is 29.3 Å². The van der Waals surface area contributed by atoms with Crippen LogP contribution in [-0.2, 0) is 14.8 Å². The molecule has 1 aromatic rings. The fourth-order valence-electron chi connectivity index (χ4n) is 3.33. The minimum absolute atomic E-state index is 0.0891. The molecule has 0 aromatic heterocycles. The van der Waals surface area contributed by atoms with Crippen LogP contribution in [0.5, 0.6) is 0 Å². The fraction of sp³-hybridized carbons (Fsp3) is 0.632. The van der Waals surface area contributed by atoms with Gasteiger partial charge in [-0.3, -0.25) is 4.79 Å². The Bertz CT molecular complexity index is 715. The molecule has 1 fully saturated rings. The van der Waals surface area contributed by atoms with Crippen molar-refractivity contribution in [3.63, 3.8) is 0 Å². The number of aryl methyl sites for hydroxylation is 2. The molecule has 0 aliphatic heterocycles. The van der Waals surface area contributed by atoms with Gasteiger partial charge in [0.2, 0.25) is 15.9 Å². The average Bonchev–Trinajstić information content (AvgIpc) is 2.54. The van der Waals surface area contributed by atoms with Crippen LogP contribution in [0.1, 0.15) is 50.7 Å². The van der Waals surface area contributed by atoms with E-state index in [1.54, 1.807) is 18.2 Å². The summed E-state index contributed by atoms with van der Waals surface area (Å²) >= 11 is 0. The van der Waals surface area contributed by atoms with Gasteiger partial charge in [-0.1, -0.05) is 32.8 Å². The van der Waals surface area contributed by atoms with Gasteiger partial charge in [0.15, 0.2) is 0 Å². The van der Waals surface area contributed by atoms with Crippen LogP contribution in [0.25, 0.3) is 0 Å². The SMILES string of the molecule is Cc1ccc(S(=O)(=O)NCCC(=O)N[C@@H]2CCC[C@H](C)[C@@H]2C)cc1C. The predicted octanol–water partition coefficient (Wildman–Crippen LogP) is 2.91. The molecule has 6 heteroatoms. The van der Waals surface area contributed by atoms with Crippen LogP contribution >= 0.6 is 0 Å². The Morgan fingerprint density at radius 3 is 2.56 bits per heavy atom. The Hall–Kier alpha value is -1.40. The van der Waals surface area contributed by atoms with Gasteiger partial charge in [0.25, 0.3) is 0 Å². The van der Waals surface area contributed by atoms with Gasteiger partial charge in [-0.25, -0.2) is 13.1 Å². The van der Waals surface area contributed by atoms with E-state index in [4.69, 9.17) is 0 Å². The Morgan fingerprint density at radius 1 is 1.16 bits per heavy atom. The summed E-state index contributed by atoms with van der Waals surface area (Å²) in [5, 5.41) is 3.07. The highest BCUT2D eigenvalue weighted by Gasteiger charge is 2.28. The molecule has 1 aliphatic rings. The molecule has 2 rings (SSSR count). The van der Waals surface area contributed by atoms with Gasteiger partial charge in [0.05, 0.1) is 4.90 Å².